The predicted octanol–water partition coefficient (Wildman–Crippen LogP) is 3.87. The Kier molecular flexibility index (Phi) is 7.64. The number of aromatic amines is 1. The molecule has 292 valence electrons. The minimum absolute atomic E-state index is 0.00343. The van der Waals surface area contributed by atoms with E-state index in [0.717, 1.165) is 90.5 Å². The summed E-state index contributed by atoms with van der Waals surface area (Å²) in [7, 11) is 1.77. The number of para-hydroxylation sites is 1. The molecule has 5 fully saturated rings. The number of amides is 3. The highest BCUT2D eigenvalue weighted by molar-refractivity contribution is 6.01. The summed E-state index contributed by atoms with van der Waals surface area (Å²) >= 11 is 0. The van der Waals surface area contributed by atoms with Crippen molar-refractivity contribution in [2.45, 2.75) is 74.4 Å². The van der Waals surface area contributed by atoms with E-state index in [1.807, 2.05) is 24.3 Å². The lowest BCUT2D eigenvalue weighted by atomic mass is 9.78. The van der Waals surface area contributed by atoms with Gasteiger partial charge < -0.3 is 20.1 Å². The van der Waals surface area contributed by atoms with Crippen molar-refractivity contribution in [3.05, 3.63) is 82.5 Å². The highest BCUT2D eigenvalue weighted by Gasteiger charge is 2.55. The molecule has 1 atom stereocenters. The molecule has 2 aliphatic carbocycles. The smallest absolute Gasteiger partial charge is 0.329 e. The van der Waals surface area contributed by atoms with Crippen molar-refractivity contribution in [3.8, 4) is 22.8 Å². The lowest BCUT2D eigenvalue weighted by Crippen LogP contribution is -2.67. The minimum atomic E-state index is -0.698. The van der Waals surface area contributed by atoms with Crippen molar-refractivity contribution >= 4 is 40.1 Å². The van der Waals surface area contributed by atoms with Gasteiger partial charge in [-0.2, -0.15) is 0 Å². The Labute approximate surface area is 329 Å². The molecule has 3 amide bonds. The molecule has 7 heterocycles. The number of nitrogens with one attached hydrogen (secondary N) is 3. The van der Waals surface area contributed by atoms with Crippen molar-refractivity contribution in [2.75, 3.05) is 49.1 Å². The Balaban J connectivity index is 0.770. The van der Waals surface area contributed by atoms with Crippen LogP contribution in [0.5, 0.6) is 0 Å². The molecule has 14 nitrogen and oxygen atoms in total. The zero-order chi connectivity index (χ0) is 38.6. The molecule has 57 heavy (non-hydrogen) atoms. The second-order valence-corrected chi connectivity index (χ2v) is 17.2. The molecule has 5 aromatic rings. The van der Waals surface area contributed by atoms with Gasteiger partial charge in [0.1, 0.15) is 6.04 Å². The van der Waals surface area contributed by atoms with Crippen LogP contribution in [-0.4, -0.2) is 97.6 Å². The van der Waals surface area contributed by atoms with Crippen molar-refractivity contribution in [2.24, 2.45) is 7.05 Å². The van der Waals surface area contributed by atoms with Crippen molar-refractivity contribution in [1.82, 2.24) is 39.6 Å². The molecule has 0 radical (unpaired) electrons. The van der Waals surface area contributed by atoms with Gasteiger partial charge in [-0.05, 0) is 80.6 Å². The number of imidazole rings is 1. The van der Waals surface area contributed by atoms with E-state index in [1.54, 1.807) is 22.4 Å². The molecule has 3 aromatic heterocycles. The Morgan fingerprint density at radius 2 is 1.70 bits per heavy atom. The summed E-state index contributed by atoms with van der Waals surface area (Å²) in [6.07, 6.45) is 9.25. The van der Waals surface area contributed by atoms with Gasteiger partial charge in [0.05, 0.1) is 33.7 Å². The van der Waals surface area contributed by atoms with E-state index in [4.69, 9.17) is 4.98 Å². The van der Waals surface area contributed by atoms with Crippen molar-refractivity contribution < 1.29 is 14.4 Å². The molecule has 2 saturated carbocycles. The fourth-order valence-corrected chi connectivity index (χ4v) is 10.7. The molecular formula is C43H46N10O4. The zero-order valence-corrected chi connectivity index (χ0v) is 32.1. The summed E-state index contributed by atoms with van der Waals surface area (Å²) in [5.41, 5.74) is 8.10. The van der Waals surface area contributed by atoms with E-state index in [2.05, 4.69) is 65.6 Å². The molecule has 3 saturated heterocycles. The van der Waals surface area contributed by atoms with Crippen molar-refractivity contribution in [1.29, 1.82) is 0 Å². The number of piperazine rings is 1. The van der Waals surface area contributed by atoms with Gasteiger partial charge in [0.25, 0.3) is 5.91 Å². The third kappa shape index (κ3) is 5.39. The molecule has 11 rings (SSSR count). The third-order valence-electron chi connectivity index (χ3n) is 13.9. The largest absolute Gasteiger partial charge is 0.368 e. The van der Waals surface area contributed by atoms with Crippen LogP contribution in [-0.2, 0) is 22.1 Å². The van der Waals surface area contributed by atoms with Gasteiger partial charge in [0.15, 0.2) is 5.82 Å². The first kappa shape index (κ1) is 34.5. The first-order valence-corrected chi connectivity index (χ1v) is 20.5. The Hall–Kier alpha value is -5.76. The predicted molar refractivity (Wildman–Crippen MR) is 215 cm³/mol. The van der Waals surface area contributed by atoms with Crippen molar-refractivity contribution in [3.63, 3.8) is 0 Å². The van der Waals surface area contributed by atoms with Gasteiger partial charge in [-0.25, -0.2) is 14.8 Å². The normalized spacial score (nSPS) is 22.9. The number of carbonyl (C=O) groups excluding carboxylic acids is 3. The van der Waals surface area contributed by atoms with E-state index in [0.29, 0.717) is 24.8 Å². The van der Waals surface area contributed by atoms with Gasteiger partial charge in [-0.15, -0.1) is 0 Å². The number of nitrogens with zero attached hydrogens (tertiary/aromatic N) is 7. The average molecular weight is 767 g/mol. The molecule has 0 bridgehead atoms. The van der Waals surface area contributed by atoms with Gasteiger partial charge in [0.2, 0.25) is 11.8 Å². The second kappa shape index (κ2) is 12.6. The second-order valence-electron chi connectivity index (χ2n) is 17.2. The Morgan fingerprint density at radius 1 is 0.895 bits per heavy atom. The maximum atomic E-state index is 13.5. The van der Waals surface area contributed by atoms with E-state index in [1.165, 1.54) is 31.4 Å². The molecular weight excluding hydrogens is 721 g/mol. The first-order valence-electron chi connectivity index (χ1n) is 20.5. The van der Waals surface area contributed by atoms with Crippen LogP contribution in [0, 0.1) is 0 Å². The highest BCUT2D eigenvalue weighted by Crippen LogP contribution is 2.48. The van der Waals surface area contributed by atoms with E-state index < -0.39 is 11.9 Å². The van der Waals surface area contributed by atoms with Gasteiger partial charge in [-0.1, -0.05) is 18.9 Å². The minimum Gasteiger partial charge on any atom is -0.368 e. The number of rotatable bonds is 6. The number of hydrogen-bond donors (Lipinski definition) is 3. The van der Waals surface area contributed by atoms with Gasteiger partial charge in [0, 0.05) is 92.9 Å². The fourth-order valence-electron chi connectivity index (χ4n) is 10.7. The topological polar surface area (TPSA) is 153 Å². The van der Waals surface area contributed by atoms with Gasteiger partial charge >= 0.3 is 5.69 Å². The summed E-state index contributed by atoms with van der Waals surface area (Å²) in [6, 6.07) is 18.1. The highest BCUT2D eigenvalue weighted by atomic mass is 16.2. The van der Waals surface area contributed by atoms with E-state index >= 15 is 0 Å². The standard InChI is InChI=1S/C43H46N10O4/c1-49-36-32(5-4-6-33(36)53(41(49)57)34-11-12-35(54)48-40(34)56)51-22-28(23-51)52-20-19-50(25-43(52)16-17-43)27-9-7-26(8-10-27)38-44-18-13-30(47-38)31-21-29-37(46-31)42(14-2-3-15-42)24-45-39(29)55/h4-10,13,18,21,28,34,46H,2-3,11-12,14-17,19-20,22-25H2,1H3,(H,45,55)(H,48,54,56). The van der Waals surface area contributed by atoms with Crippen LogP contribution in [0.2, 0.25) is 0 Å². The summed E-state index contributed by atoms with van der Waals surface area (Å²) in [5.74, 6) is -0.0617. The number of H-pyrrole nitrogens is 1. The first-order chi connectivity index (χ1) is 27.7. The number of carbonyl (C=O) groups is 3. The van der Waals surface area contributed by atoms with E-state index in [-0.39, 0.29) is 34.9 Å². The summed E-state index contributed by atoms with van der Waals surface area (Å²) in [5, 5.41) is 5.53. The molecule has 4 aliphatic heterocycles. The van der Waals surface area contributed by atoms with Crippen LogP contribution < -0.4 is 26.1 Å². The van der Waals surface area contributed by atoms with Crippen LogP contribution in [0.25, 0.3) is 33.8 Å². The number of imide groups is 1. The molecule has 2 aromatic carbocycles. The number of anilines is 2. The van der Waals surface area contributed by atoms with Crippen LogP contribution in [0.15, 0.2) is 65.6 Å². The van der Waals surface area contributed by atoms with Crippen LogP contribution in [0.1, 0.15) is 73.5 Å². The summed E-state index contributed by atoms with van der Waals surface area (Å²) < 4.78 is 3.21. The number of fused-ring (bicyclic) bond motifs is 3. The molecule has 1 unspecified atom stereocenters. The quantitative estimate of drug-likeness (QED) is 0.219. The average Bonchev–Trinajstić information content (AvgIpc) is 3.50. The number of aromatic nitrogens is 5. The zero-order valence-electron chi connectivity index (χ0n) is 32.1. The Morgan fingerprint density at radius 3 is 2.47 bits per heavy atom. The maximum absolute atomic E-state index is 13.5. The lowest BCUT2D eigenvalue weighted by molar-refractivity contribution is -0.135. The van der Waals surface area contributed by atoms with Crippen LogP contribution in [0.4, 0.5) is 11.4 Å². The maximum Gasteiger partial charge on any atom is 0.329 e. The monoisotopic (exact) mass is 766 g/mol. The SMILES string of the molecule is Cn1c(=O)n(C2CCC(=O)NC2=O)c2cccc(N3CC(N4CCN(c5ccc(-c6nccc(-c7cc8c([nH]7)C7(CCCC7)CNC8=O)n6)cc5)CC45CC5)C3)c21. The summed E-state index contributed by atoms with van der Waals surface area (Å²) in [6.45, 7) is 5.37. The number of benzene rings is 2. The molecule has 3 N–H and O–H groups in total. The fraction of sp³-hybridized carbons (Fsp3) is 0.442. The molecule has 2 spiro atoms. The Bertz CT molecular complexity index is 2540. The molecule has 14 heteroatoms. The third-order valence-corrected chi connectivity index (χ3v) is 13.9. The van der Waals surface area contributed by atoms with Crippen LogP contribution >= 0.6 is 0 Å². The number of piperidine rings is 1. The van der Waals surface area contributed by atoms with Gasteiger partial charge in [-0.3, -0.25) is 33.7 Å². The lowest BCUT2D eigenvalue weighted by Gasteiger charge is -2.53. The number of aryl methyl sites for hydroxylation is 1. The molecule has 6 aliphatic rings. The summed E-state index contributed by atoms with van der Waals surface area (Å²) in [4.78, 5) is 71.7. The number of hydrogen-bond acceptors (Lipinski definition) is 9. The van der Waals surface area contributed by atoms with Crippen LogP contribution in [0.3, 0.4) is 0 Å². The van der Waals surface area contributed by atoms with E-state index in [9.17, 15) is 19.2 Å².